The van der Waals surface area contributed by atoms with Crippen molar-refractivity contribution in [3.8, 4) is 0 Å². The van der Waals surface area contributed by atoms with Gasteiger partial charge in [0.05, 0.1) is 9.40 Å². The molecule has 1 fully saturated rings. The summed E-state index contributed by atoms with van der Waals surface area (Å²) in [7, 11) is 0. The highest BCUT2D eigenvalue weighted by atomic mass is 79.9. The first-order valence-electron chi connectivity index (χ1n) is 5.97. The second kappa shape index (κ2) is 5.77. The molecule has 0 amide bonds. The maximum Gasteiger partial charge on any atom is 0.283 e. The first kappa shape index (κ1) is 13.5. The summed E-state index contributed by atoms with van der Waals surface area (Å²) in [5.74, 6) is 0. The van der Waals surface area contributed by atoms with Gasteiger partial charge in [0, 0.05) is 25.2 Å². The Morgan fingerprint density at radius 2 is 2.33 bits per heavy atom. The number of nitro benzene ring substituents is 1. The van der Waals surface area contributed by atoms with Crippen molar-refractivity contribution >= 4 is 21.6 Å². The summed E-state index contributed by atoms with van der Waals surface area (Å²) in [6.45, 7) is 2.56. The largest absolute Gasteiger partial charge is 0.327 e. The highest BCUT2D eigenvalue weighted by molar-refractivity contribution is 9.10. The standard InChI is InChI=1S/C12H16BrN3O2/c13-12-9(3-1-5-11(12)16(17)18)7-15-6-2-4-10(14)8-15/h1,3,5,10H,2,4,6-8,14H2/t10-/m1/s1. The van der Waals surface area contributed by atoms with Crippen molar-refractivity contribution in [3.63, 3.8) is 0 Å². The van der Waals surface area contributed by atoms with Crippen LogP contribution in [0, 0.1) is 10.1 Å². The molecule has 0 spiro atoms. The monoisotopic (exact) mass is 313 g/mol. The van der Waals surface area contributed by atoms with Crippen LogP contribution in [0.3, 0.4) is 0 Å². The lowest BCUT2D eigenvalue weighted by molar-refractivity contribution is -0.385. The van der Waals surface area contributed by atoms with Crippen LogP contribution in [0.15, 0.2) is 22.7 Å². The van der Waals surface area contributed by atoms with Gasteiger partial charge in [-0.1, -0.05) is 12.1 Å². The van der Waals surface area contributed by atoms with Crippen molar-refractivity contribution in [2.45, 2.75) is 25.4 Å². The number of rotatable bonds is 3. The third-order valence-electron chi connectivity index (χ3n) is 3.19. The van der Waals surface area contributed by atoms with E-state index < -0.39 is 0 Å². The van der Waals surface area contributed by atoms with Crippen LogP contribution in [0.4, 0.5) is 5.69 Å². The van der Waals surface area contributed by atoms with Gasteiger partial charge >= 0.3 is 0 Å². The molecule has 2 N–H and O–H groups in total. The molecule has 1 atom stereocenters. The van der Waals surface area contributed by atoms with Gasteiger partial charge in [-0.25, -0.2) is 0 Å². The zero-order valence-electron chi connectivity index (χ0n) is 10.0. The van der Waals surface area contributed by atoms with Crippen molar-refractivity contribution in [3.05, 3.63) is 38.3 Å². The number of hydrogen-bond acceptors (Lipinski definition) is 4. The Hall–Kier alpha value is -0.980. The predicted molar refractivity (Wildman–Crippen MR) is 73.3 cm³/mol. The first-order valence-corrected chi connectivity index (χ1v) is 6.77. The van der Waals surface area contributed by atoms with Crippen LogP contribution in [-0.2, 0) is 6.54 Å². The molecule has 1 aliphatic heterocycles. The molecule has 1 aliphatic rings. The summed E-state index contributed by atoms with van der Waals surface area (Å²) >= 11 is 3.32. The SMILES string of the molecule is N[C@@H]1CCCN(Cc2cccc([N+](=O)[O-])c2Br)C1. The minimum absolute atomic E-state index is 0.119. The number of nitro groups is 1. The molecular weight excluding hydrogens is 298 g/mol. The van der Waals surface area contributed by atoms with Crippen LogP contribution in [0.2, 0.25) is 0 Å². The average Bonchev–Trinajstić information content (AvgIpc) is 2.31. The minimum atomic E-state index is -0.366. The van der Waals surface area contributed by atoms with E-state index in [9.17, 15) is 10.1 Å². The molecule has 98 valence electrons. The average molecular weight is 314 g/mol. The summed E-state index contributed by atoms with van der Waals surface area (Å²) in [6.07, 6.45) is 2.15. The Morgan fingerprint density at radius 1 is 1.56 bits per heavy atom. The van der Waals surface area contributed by atoms with E-state index in [1.54, 1.807) is 6.07 Å². The lowest BCUT2D eigenvalue weighted by Crippen LogP contribution is -2.42. The Balaban J connectivity index is 2.14. The topological polar surface area (TPSA) is 72.4 Å². The van der Waals surface area contributed by atoms with Gasteiger partial charge in [-0.2, -0.15) is 0 Å². The van der Waals surface area contributed by atoms with Crippen LogP contribution in [0.25, 0.3) is 0 Å². The van der Waals surface area contributed by atoms with E-state index >= 15 is 0 Å². The van der Waals surface area contributed by atoms with Crippen LogP contribution in [-0.4, -0.2) is 29.0 Å². The zero-order chi connectivity index (χ0) is 13.1. The Bertz CT molecular complexity index is 453. The molecular formula is C12H16BrN3O2. The lowest BCUT2D eigenvalue weighted by Gasteiger charge is -2.30. The summed E-state index contributed by atoms with van der Waals surface area (Å²) in [5, 5.41) is 10.9. The zero-order valence-corrected chi connectivity index (χ0v) is 11.6. The van der Waals surface area contributed by atoms with Crippen LogP contribution >= 0.6 is 15.9 Å². The van der Waals surface area contributed by atoms with E-state index in [4.69, 9.17) is 5.73 Å². The number of halogens is 1. The molecule has 18 heavy (non-hydrogen) atoms. The maximum absolute atomic E-state index is 10.9. The summed E-state index contributed by atoms with van der Waals surface area (Å²) in [4.78, 5) is 12.7. The van der Waals surface area contributed by atoms with Crippen molar-refractivity contribution in [2.24, 2.45) is 5.73 Å². The van der Waals surface area contributed by atoms with Gasteiger partial charge < -0.3 is 5.73 Å². The fraction of sp³-hybridized carbons (Fsp3) is 0.500. The third kappa shape index (κ3) is 3.07. The predicted octanol–water partition coefficient (Wildman–Crippen LogP) is 2.28. The Morgan fingerprint density at radius 3 is 3.00 bits per heavy atom. The molecule has 0 saturated carbocycles. The van der Waals surface area contributed by atoms with Gasteiger partial charge in [-0.3, -0.25) is 15.0 Å². The molecule has 1 heterocycles. The molecule has 1 saturated heterocycles. The molecule has 5 nitrogen and oxygen atoms in total. The molecule has 0 aliphatic carbocycles. The smallest absolute Gasteiger partial charge is 0.283 e. The van der Waals surface area contributed by atoms with Gasteiger partial charge in [0.25, 0.3) is 5.69 Å². The number of nitrogens with zero attached hydrogens (tertiary/aromatic N) is 2. The van der Waals surface area contributed by atoms with Gasteiger partial charge in [-0.05, 0) is 40.9 Å². The van der Waals surface area contributed by atoms with Gasteiger partial charge in [0.15, 0.2) is 0 Å². The van der Waals surface area contributed by atoms with Crippen LogP contribution in [0.5, 0.6) is 0 Å². The van der Waals surface area contributed by atoms with E-state index in [1.165, 1.54) is 6.07 Å². The molecule has 0 radical (unpaired) electrons. The van der Waals surface area contributed by atoms with Crippen LogP contribution < -0.4 is 5.73 Å². The molecule has 6 heteroatoms. The summed E-state index contributed by atoms with van der Waals surface area (Å²) < 4.78 is 0.578. The summed E-state index contributed by atoms with van der Waals surface area (Å²) in [6, 6.07) is 5.37. The lowest BCUT2D eigenvalue weighted by atomic mass is 10.1. The second-order valence-electron chi connectivity index (χ2n) is 4.64. The second-order valence-corrected chi connectivity index (χ2v) is 5.44. The number of likely N-dealkylation sites (tertiary alicyclic amines) is 1. The number of hydrogen-bond donors (Lipinski definition) is 1. The third-order valence-corrected chi connectivity index (χ3v) is 4.11. The molecule has 2 rings (SSSR count). The molecule has 0 bridgehead atoms. The maximum atomic E-state index is 10.9. The van der Waals surface area contributed by atoms with Crippen molar-refractivity contribution in [2.75, 3.05) is 13.1 Å². The van der Waals surface area contributed by atoms with Crippen molar-refractivity contribution in [1.29, 1.82) is 0 Å². The van der Waals surface area contributed by atoms with Crippen LogP contribution in [0.1, 0.15) is 18.4 Å². The highest BCUT2D eigenvalue weighted by Crippen LogP contribution is 2.29. The van der Waals surface area contributed by atoms with E-state index in [2.05, 4.69) is 20.8 Å². The van der Waals surface area contributed by atoms with Gasteiger partial charge in [0.1, 0.15) is 0 Å². The molecule has 0 aromatic heterocycles. The quantitative estimate of drug-likeness (QED) is 0.686. The van der Waals surface area contributed by atoms with Crippen molar-refractivity contribution in [1.82, 2.24) is 4.90 Å². The highest BCUT2D eigenvalue weighted by Gasteiger charge is 2.20. The van der Waals surface area contributed by atoms with E-state index in [0.29, 0.717) is 11.0 Å². The number of benzene rings is 1. The van der Waals surface area contributed by atoms with Crippen molar-refractivity contribution < 1.29 is 4.92 Å². The molecule has 1 aromatic carbocycles. The van der Waals surface area contributed by atoms with E-state index in [-0.39, 0.29) is 16.7 Å². The normalized spacial score (nSPS) is 20.9. The van der Waals surface area contributed by atoms with Gasteiger partial charge in [-0.15, -0.1) is 0 Å². The Labute approximate surface area is 114 Å². The number of nitrogens with two attached hydrogens (primary N) is 1. The van der Waals surface area contributed by atoms with E-state index in [0.717, 1.165) is 31.5 Å². The fourth-order valence-corrected chi connectivity index (χ4v) is 2.84. The fourth-order valence-electron chi connectivity index (χ4n) is 2.31. The summed E-state index contributed by atoms with van der Waals surface area (Å²) in [5.41, 5.74) is 7.00. The minimum Gasteiger partial charge on any atom is -0.327 e. The number of piperidine rings is 1. The molecule has 1 aromatic rings. The van der Waals surface area contributed by atoms with E-state index in [1.807, 2.05) is 6.07 Å². The first-order chi connectivity index (χ1) is 8.58. The van der Waals surface area contributed by atoms with Gasteiger partial charge in [0.2, 0.25) is 0 Å². The Kier molecular flexibility index (Phi) is 4.31. The molecule has 0 unspecified atom stereocenters.